The fourth-order valence-corrected chi connectivity index (χ4v) is 3.37. The highest BCUT2D eigenvalue weighted by Crippen LogP contribution is 2.28. The summed E-state index contributed by atoms with van der Waals surface area (Å²) < 4.78 is 25.2. The van der Waals surface area contributed by atoms with Crippen molar-refractivity contribution in [2.24, 2.45) is 7.05 Å². The Morgan fingerprint density at radius 2 is 1.66 bits per heavy atom. The minimum absolute atomic E-state index is 0.282. The van der Waals surface area contributed by atoms with Crippen LogP contribution >= 0.6 is 0 Å². The molecule has 0 unspecified atom stereocenters. The SMILES string of the molecule is C=C(C)CN(Cc1cnc(-c2ccc(F)cc2)cc1-c1ccn(C)n1)C(=O)OC(C)(C)C.CC.CC(C)(C)OC=O. The lowest BCUT2D eigenvalue weighted by Gasteiger charge is -2.28. The average molecular weight is 569 g/mol. The van der Waals surface area contributed by atoms with Crippen molar-refractivity contribution in [3.8, 4) is 22.5 Å². The molecule has 0 saturated carbocycles. The third kappa shape index (κ3) is 12.8. The van der Waals surface area contributed by atoms with E-state index in [1.807, 2.05) is 87.7 Å². The lowest BCUT2D eigenvalue weighted by molar-refractivity contribution is -0.138. The molecule has 8 nitrogen and oxygen atoms in total. The summed E-state index contributed by atoms with van der Waals surface area (Å²) in [7, 11) is 1.85. The number of hydrogen-bond donors (Lipinski definition) is 0. The molecule has 3 aromatic rings. The molecule has 224 valence electrons. The number of aromatic nitrogens is 3. The van der Waals surface area contributed by atoms with Crippen LogP contribution in [0, 0.1) is 5.82 Å². The van der Waals surface area contributed by atoms with E-state index in [-0.39, 0.29) is 18.0 Å². The van der Waals surface area contributed by atoms with E-state index in [1.165, 1.54) is 12.1 Å². The van der Waals surface area contributed by atoms with Gasteiger partial charge in [0.15, 0.2) is 0 Å². The number of carbonyl (C=O) groups is 2. The van der Waals surface area contributed by atoms with E-state index in [2.05, 4.69) is 21.4 Å². The molecular formula is C32H45FN4O4. The van der Waals surface area contributed by atoms with Crippen molar-refractivity contribution in [2.45, 2.75) is 80.1 Å². The van der Waals surface area contributed by atoms with Crippen LogP contribution in [0.15, 0.2) is 60.9 Å². The van der Waals surface area contributed by atoms with Gasteiger partial charge < -0.3 is 9.47 Å². The van der Waals surface area contributed by atoms with Gasteiger partial charge in [0.25, 0.3) is 6.47 Å². The molecule has 0 N–H and O–H groups in total. The van der Waals surface area contributed by atoms with E-state index in [0.29, 0.717) is 18.7 Å². The van der Waals surface area contributed by atoms with Gasteiger partial charge in [0.05, 0.1) is 17.9 Å². The first-order chi connectivity index (χ1) is 19.1. The molecule has 9 heteroatoms. The Kier molecular flexibility index (Phi) is 13.4. The normalized spacial score (nSPS) is 10.8. The maximum Gasteiger partial charge on any atom is 0.410 e. The maximum atomic E-state index is 13.4. The van der Waals surface area contributed by atoms with Gasteiger partial charge in [-0.05, 0) is 90.4 Å². The van der Waals surface area contributed by atoms with Gasteiger partial charge in [0, 0.05) is 37.1 Å². The molecule has 0 spiro atoms. The highest BCUT2D eigenvalue weighted by Gasteiger charge is 2.24. The van der Waals surface area contributed by atoms with Crippen molar-refractivity contribution in [2.75, 3.05) is 6.54 Å². The Morgan fingerprint density at radius 3 is 2.10 bits per heavy atom. The van der Waals surface area contributed by atoms with Crippen LogP contribution in [0.2, 0.25) is 0 Å². The molecule has 41 heavy (non-hydrogen) atoms. The number of amides is 1. The molecule has 2 aromatic heterocycles. The quantitative estimate of drug-likeness (QED) is 0.216. The van der Waals surface area contributed by atoms with Crippen LogP contribution in [-0.4, -0.2) is 50.0 Å². The lowest BCUT2D eigenvalue weighted by Crippen LogP contribution is -2.37. The van der Waals surface area contributed by atoms with Gasteiger partial charge in [0.2, 0.25) is 0 Å². The topological polar surface area (TPSA) is 86.6 Å². The standard InChI is InChI=1S/C25H29FN4O2.C5H10O2.C2H6/c1-17(2)15-30(24(31)32-25(3,4)5)16-19-14-27-23(18-7-9-20(26)10-8-18)13-21(19)22-11-12-29(6)28-22;1-5(2,3)7-4-6;1-2/h7-14H,1,15-16H2,2-6H3;4H,1-3H3;1-2H3. The first-order valence-electron chi connectivity index (χ1n) is 13.6. The summed E-state index contributed by atoms with van der Waals surface area (Å²) in [6, 6.07) is 10.0. The van der Waals surface area contributed by atoms with Gasteiger partial charge in [-0.1, -0.05) is 26.0 Å². The van der Waals surface area contributed by atoms with E-state index >= 15 is 0 Å². The molecule has 1 amide bonds. The Hall–Kier alpha value is -4.01. The third-order valence-corrected chi connectivity index (χ3v) is 4.99. The zero-order valence-corrected chi connectivity index (χ0v) is 26.1. The first-order valence-corrected chi connectivity index (χ1v) is 13.6. The minimum atomic E-state index is -0.612. The number of ether oxygens (including phenoxy) is 2. The predicted molar refractivity (Wildman–Crippen MR) is 162 cm³/mol. The van der Waals surface area contributed by atoms with Gasteiger partial charge in [0.1, 0.15) is 17.0 Å². The van der Waals surface area contributed by atoms with Crippen LogP contribution in [0.1, 0.15) is 67.9 Å². The number of nitrogens with zero attached hydrogens (tertiary/aromatic N) is 4. The Morgan fingerprint density at radius 1 is 1.05 bits per heavy atom. The molecular weight excluding hydrogens is 523 g/mol. The second-order valence-electron chi connectivity index (χ2n) is 11.2. The number of aryl methyl sites for hydroxylation is 1. The van der Waals surface area contributed by atoms with Crippen molar-refractivity contribution < 1.29 is 23.5 Å². The lowest BCUT2D eigenvalue weighted by atomic mass is 10.0. The summed E-state index contributed by atoms with van der Waals surface area (Å²) in [5.41, 5.74) is 3.82. The Labute approximate surface area is 244 Å². The fourth-order valence-electron chi connectivity index (χ4n) is 3.37. The maximum absolute atomic E-state index is 13.4. The van der Waals surface area contributed by atoms with Crippen LogP contribution in [-0.2, 0) is 27.9 Å². The minimum Gasteiger partial charge on any atom is -0.462 e. The van der Waals surface area contributed by atoms with Crippen LogP contribution in [0.5, 0.6) is 0 Å². The second kappa shape index (κ2) is 15.7. The first kappa shape index (κ1) is 35.0. The summed E-state index contributed by atoms with van der Waals surface area (Å²) >= 11 is 0. The number of hydrogen-bond acceptors (Lipinski definition) is 6. The highest BCUT2D eigenvalue weighted by molar-refractivity contribution is 5.73. The second-order valence-corrected chi connectivity index (χ2v) is 11.2. The summed E-state index contributed by atoms with van der Waals surface area (Å²) in [4.78, 5) is 28.6. The third-order valence-electron chi connectivity index (χ3n) is 4.99. The summed E-state index contributed by atoms with van der Waals surface area (Å²) in [5, 5.41) is 4.54. The van der Waals surface area contributed by atoms with Crippen LogP contribution in [0.4, 0.5) is 9.18 Å². The van der Waals surface area contributed by atoms with Gasteiger partial charge in [-0.3, -0.25) is 19.4 Å². The number of rotatable bonds is 7. The zero-order chi connectivity index (χ0) is 31.4. The summed E-state index contributed by atoms with van der Waals surface area (Å²) in [5.74, 6) is -0.303. The fraction of sp³-hybridized carbons (Fsp3) is 0.438. The van der Waals surface area contributed by atoms with Crippen LogP contribution in [0.25, 0.3) is 22.5 Å². The van der Waals surface area contributed by atoms with Crippen molar-refractivity contribution in [1.29, 1.82) is 0 Å². The monoisotopic (exact) mass is 568 g/mol. The molecule has 0 aliphatic heterocycles. The highest BCUT2D eigenvalue weighted by atomic mass is 19.1. The van der Waals surface area contributed by atoms with Crippen molar-refractivity contribution in [3.05, 3.63) is 72.3 Å². The summed E-state index contributed by atoms with van der Waals surface area (Å²) in [6.07, 6.45) is 3.17. The number of pyridine rings is 1. The number of halogens is 1. The van der Waals surface area contributed by atoms with Crippen LogP contribution < -0.4 is 0 Å². The van der Waals surface area contributed by atoms with E-state index in [4.69, 9.17) is 4.74 Å². The van der Waals surface area contributed by atoms with Gasteiger partial charge in [-0.2, -0.15) is 5.10 Å². The van der Waals surface area contributed by atoms with Gasteiger partial charge in [-0.15, -0.1) is 0 Å². The van der Waals surface area contributed by atoms with Crippen molar-refractivity contribution in [3.63, 3.8) is 0 Å². The van der Waals surface area contributed by atoms with Crippen LogP contribution in [0.3, 0.4) is 0 Å². The Bertz CT molecular complexity index is 1270. The van der Waals surface area contributed by atoms with Gasteiger partial charge >= 0.3 is 6.09 Å². The zero-order valence-electron chi connectivity index (χ0n) is 26.1. The largest absolute Gasteiger partial charge is 0.462 e. The molecule has 0 aliphatic carbocycles. The van der Waals surface area contributed by atoms with E-state index < -0.39 is 11.7 Å². The van der Waals surface area contributed by atoms with E-state index in [1.54, 1.807) is 27.9 Å². The molecule has 0 radical (unpaired) electrons. The predicted octanol–water partition coefficient (Wildman–Crippen LogP) is 7.59. The molecule has 0 fully saturated rings. The molecule has 0 saturated heterocycles. The molecule has 2 heterocycles. The number of carbonyl (C=O) groups excluding carboxylic acids is 2. The molecule has 1 aromatic carbocycles. The molecule has 0 atom stereocenters. The number of benzene rings is 1. The molecule has 0 bridgehead atoms. The van der Waals surface area contributed by atoms with Gasteiger partial charge in [-0.25, -0.2) is 9.18 Å². The smallest absolute Gasteiger partial charge is 0.410 e. The Balaban J connectivity index is 0.000000816. The van der Waals surface area contributed by atoms with E-state index in [0.717, 1.165) is 28.0 Å². The summed E-state index contributed by atoms with van der Waals surface area (Å²) in [6.45, 7) is 21.9. The van der Waals surface area contributed by atoms with E-state index in [9.17, 15) is 14.0 Å². The van der Waals surface area contributed by atoms with Crippen molar-refractivity contribution in [1.82, 2.24) is 19.7 Å². The van der Waals surface area contributed by atoms with Crippen molar-refractivity contribution >= 4 is 12.6 Å². The molecule has 0 aliphatic rings. The average Bonchev–Trinajstić information content (AvgIpc) is 3.30. The molecule has 3 rings (SSSR count).